The van der Waals surface area contributed by atoms with E-state index in [1.807, 2.05) is 0 Å². The SMILES string of the molecule is CCOCCCN(CC(F)(F)F)C(=O)CC(C)(C)C(=O)O. The molecule has 0 aromatic heterocycles. The molecule has 21 heavy (non-hydrogen) atoms. The van der Waals surface area contributed by atoms with Gasteiger partial charge in [-0.1, -0.05) is 0 Å². The molecular formula is C13H22F3NO4. The first-order valence-electron chi connectivity index (χ1n) is 6.65. The van der Waals surface area contributed by atoms with E-state index < -0.39 is 36.4 Å². The molecular weight excluding hydrogens is 291 g/mol. The predicted octanol–water partition coefficient (Wildman–Crippen LogP) is 2.30. The minimum atomic E-state index is -4.52. The van der Waals surface area contributed by atoms with Gasteiger partial charge in [0.1, 0.15) is 6.54 Å². The van der Waals surface area contributed by atoms with Crippen LogP contribution in [0.1, 0.15) is 33.6 Å². The summed E-state index contributed by atoms with van der Waals surface area (Å²) in [6.45, 7) is 3.56. The maximum atomic E-state index is 12.5. The van der Waals surface area contributed by atoms with E-state index in [-0.39, 0.29) is 19.6 Å². The van der Waals surface area contributed by atoms with Crippen molar-refractivity contribution in [1.82, 2.24) is 4.90 Å². The Hall–Kier alpha value is -1.31. The number of amides is 1. The Morgan fingerprint density at radius 2 is 1.81 bits per heavy atom. The van der Waals surface area contributed by atoms with Gasteiger partial charge in [-0.15, -0.1) is 0 Å². The van der Waals surface area contributed by atoms with Crippen LogP contribution in [-0.2, 0) is 14.3 Å². The average molecular weight is 313 g/mol. The highest BCUT2D eigenvalue weighted by Crippen LogP contribution is 2.24. The molecule has 1 amide bonds. The second kappa shape index (κ2) is 8.21. The maximum absolute atomic E-state index is 12.5. The molecule has 0 heterocycles. The number of alkyl halides is 3. The average Bonchev–Trinajstić information content (AvgIpc) is 2.30. The van der Waals surface area contributed by atoms with Crippen LogP contribution in [0.5, 0.6) is 0 Å². The highest BCUT2D eigenvalue weighted by Gasteiger charge is 2.36. The predicted molar refractivity (Wildman–Crippen MR) is 69.8 cm³/mol. The van der Waals surface area contributed by atoms with Gasteiger partial charge in [-0.3, -0.25) is 9.59 Å². The molecule has 0 saturated heterocycles. The number of carbonyl (C=O) groups excluding carboxylic acids is 1. The third kappa shape index (κ3) is 8.54. The lowest BCUT2D eigenvalue weighted by atomic mass is 9.89. The summed E-state index contributed by atoms with van der Waals surface area (Å²) in [5.74, 6) is -2.05. The molecule has 124 valence electrons. The lowest BCUT2D eigenvalue weighted by molar-refractivity contribution is -0.165. The number of halogens is 3. The molecule has 0 spiro atoms. The number of rotatable bonds is 9. The van der Waals surface area contributed by atoms with Gasteiger partial charge >= 0.3 is 12.1 Å². The second-order valence-corrected chi connectivity index (χ2v) is 5.35. The first-order chi connectivity index (χ1) is 9.49. The van der Waals surface area contributed by atoms with E-state index >= 15 is 0 Å². The fourth-order valence-corrected chi connectivity index (χ4v) is 1.58. The van der Waals surface area contributed by atoms with E-state index in [0.717, 1.165) is 0 Å². The molecule has 0 atom stereocenters. The van der Waals surface area contributed by atoms with E-state index in [4.69, 9.17) is 9.84 Å². The number of nitrogens with zero attached hydrogens (tertiary/aromatic N) is 1. The summed E-state index contributed by atoms with van der Waals surface area (Å²) in [4.78, 5) is 23.5. The van der Waals surface area contributed by atoms with Crippen LogP contribution >= 0.6 is 0 Å². The number of ether oxygens (including phenoxy) is 1. The number of carboxylic acid groups (broad SMARTS) is 1. The molecule has 8 heteroatoms. The molecule has 0 aliphatic heterocycles. The summed E-state index contributed by atoms with van der Waals surface area (Å²) in [6, 6.07) is 0. The monoisotopic (exact) mass is 313 g/mol. The topological polar surface area (TPSA) is 66.8 Å². The lowest BCUT2D eigenvalue weighted by Gasteiger charge is -2.27. The van der Waals surface area contributed by atoms with Crippen molar-refractivity contribution >= 4 is 11.9 Å². The summed E-state index contributed by atoms with van der Waals surface area (Å²) < 4.78 is 42.5. The van der Waals surface area contributed by atoms with Crippen molar-refractivity contribution < 1.29 is 32.6 Å². The Bertz CT molecular complexity index is 356. The zero-order chi connectivity index (χ0) is 16.7. The zero-order valence-electron chi connectivity index (χ0n) is 12.5. The smallest absolute Gasteiger partial charge is 0.406 e. The van der Waals surface area contributed by atoms with Gasteiger partial charge in [-0.05, 0) is 27.2 Å². The fraction of sp³-hybridized carbons (Fsp3) is 0.846. The summed E-state index contributed by atoms with van der Waals surface area (Å²) in [5, 5.41) is 8.94. The Morgan fingerprint density at radius 1 is 1.24 bits per heavy atom. The third-order valence-corrected chi connectivity index (χ3v) is 2.82. The molecule has 0 fully saturated rings. The van der Waals surface area contributed by atoms with Crippen LogP contribution in [0.25, 0.3) is 0 Å². The van der Waals surface area contributed by atoms with Gasteiger partial charge < -0.3 is 14.7 Å². The normalized spacial score (nSPS) is 12.3. The van der Waals surface area contributed by atoms with Crippen LogP contribution in [0, 0.1) is 5.41 Å². The molecule has 0 rings (SSSR count). The standard InChI is InChI=1S/C13H22F3NO4/c1-4-21-7-5-6-17(9-13(14,15)16)10(18)8-12(2,3)11(19)20/h4-9H2,1-3H3,(H,19,20). The van der Waals surface area contributed by atoms with Crippen LogP contribution in [-0.4, -0.2) is 54.4 Å². The van der Waals surface area contributed by atoms with Crippen molar-refractivity contribution in [3.63, 3.8) is 0 Å². The molecule has 0 aromatic carbocycles. The van der Waals surface area contributed by atoms with Crippen LogP contribution < -0.4 is 0 Å². The number of carboxylic acids is 1. The summed E-state index contributed by atoms with van der Waals surface area (Å²) >= 11 is 0. The van der Waals surface area contributed by atoms with E-state index in [1.54, 1.807) is 6.92 Å². The number of carbonyl (C=O) groups is 2. The van der Waals surface area contributed by atoms with E-state index in [9.17, 15) is 22.8 Å². The second-order valence-electron chi connectivity index (χ2n) is 5.35. The maximum Gasteiger partial charge on any atom is 0.406 e. The summed E-state index contributed by atoms with van der Waals surface area (Å²) in [5.41, 5.74) is -1.40. The molecule has 1 N–H and O–H groups in total. The largest absolute Gasteiger partial charge is 0.481 e. The molecule has 0 aliphatic rings. The highest BCUT2D eigenvalue weighted by atomic mass is 19.4. The Morgan fingerprint density at radius 3 is 2.24 bits per heavy atom. The van der Waals surface area contributed by atoms with Gasteiger partial charge in [0.05, 0.1) is 5.41 Å². The van der Waals surface area contributed by atoms with Crippen LogP contribution in [0.3, 0.4) is 0 Å². The van der Waals surface area contributed by atoms with Crippen molar-refractivity contribution in [1.29, 1.82) is 0 Å². The number of hydrogen-bond donors (Lipinski definition) is 1. The molecule has 0 unspecified atom stereocenters. The van der Waals surface area contributed by atoms with Gasteiger partial charge in [0.25, 0.3) is 0 Å². The molecule has 0 bridgehead atoms. The lowest BCUT2D eigenvalue weighted by Crippen LogP contribution is -2.42. The van der Waals surface area contributed by atoms with Crippen LogP contribution in [0.15, 0.2) is 0 Å². The molecule has 0 aliphatic carbocycles. The molecule has 0 radical (unpaired) electrons. The van der Waals surface area contributed by atoms with Gasteiger partial charge in [-0.25, -0.2) is 0 Å². The minimum absolute atomic E-state index is 0.117. The van der Waals surface area contributed by atoms with Gasteiger partial charge in [0.2, 0.25) is 5.91 Å². The van der Waals surface area contributed by atoms with Gasteiger partial charge in [-0.2, -0.15) is 13.2 Å². The van der Waals surface area contributed by atoms with Crippen molar-refractivity contribution in [2.75, 3.05) is 26.3 Å². The fourth-order valence-electron chi connectivity index (χ4n) is 1.58. The van der Waals surface area contributed by atoms with Crippen molar-refractivity contribution in [3.8, 4) is 0 Å². The zero-order valence-corrected chi connectivity index (χ0v) is 12.5. The van der Waals surface area contributed by atoms with Gasteiger partial charge in [0.15, 0.2) is 0 Å². The minimum Gasteiger partial charge on any atom is -0.481 e. The summed E-state index contributed by atoms with van der Waals surface area (Å²) in [7, 11) is 0. The quantitative estimate of drug-likeness (QED) is 0.663. The third-order valence-electron chi connectivity index (χ3n) is 2.82. The Balaban J connectivity index is 4.70. The molecule has 0 saturated carbocycles. The highest BCUT2D eigenvalue weighted by molar-refractivity contribution is 5.84. The first-order valence-corrected chi connectivity index (χ1v) is 6.65. The Kier molecular flexibility index (Phi) is 7.70. The first kappa shape index (κ1) is 19.7. The van der Waals surface area contributed by atoms with Crippen molar-refractivity contribution in [3.05, 3.63) is 0 Å². The number of hydrogen-bond acceptors (Lipinski definition) is 3. The summed E-state index contributed by atoms with van der Waals surface area (Å²) in [6.07, 6.45) is -4.73. The van der Waals surface area contributed by atoms with Crippen molar-refractivity contribution in [2.45, 2.75) is 39.8 Å². The Labute approximate surface area is 122 Å². The van der Waals surface area contributed by atoms with E-state index in [1.165, 1.54) is 13.8 Å². The molecule has 0 aromatic rings. The van der Waals surface area contributed by atoms with E-state index in [0.29, 0.717) is 11.5 Å². The van der Waals surface area contributed by atoms with Crippen molar-refractivity contribution in [2.24, 2.45) is 5.41 Å². The van der Waals surface area contributed by atoms with Crippen LogP contribution in [0.4, 0.5) is 13.2 Å². The van der Waals surface area contributed by atoms with Gasteiger partial charge in [0, 0.05) is 26.2 Å². The molecule has 5 nitrogen and oxygen atoms in total. The van der Waals surface area contributed by atoms with Crippen LogP contribution in [0.2, 0.25) is 0 Å². The van der Waals surface area contributed by atoms with E-state index in [2.05, 4.69) is 0 Å². The number of aliphatic carboxylic acids is 1.